The van der Waals surface area contributed by atoms with E-state index in [2.05, 4.69) is 77.5 Å². The van der Waals surface area contributed by atoms with Gasteiger partial charge in [0, 0.05) is 33.0 Å². The summed E-state index contributed by atoms with van der Waals surface area (Å²) in [7, 11) is 5.36. The molecule has 2 aromatic rings. The maximum Gasteiger partial charge on any atom is 0.134 e. The molecule has 0 fully saturated rings. The fourth-order valence-corrected chi connectivity index (χ4v) is 4.32. The van der Waals surface area contributed by atoms with E-state index in [9.17, 15) is 4.79 Å². The number of aldehydes is 1. The Morgan fingerprint density at radius 1 is 1.09 bits per heavy atom. The molecule has 1 heterocycles. The van der Waals surface area contributed by atoms with Crippen LogP contribution in [0.4, 0.5) is 11.4 Å². The number of nitrogens with zero attached hydrogens (tertiary/aromatic N) is 2. The summed E-state index contributed by atoms with van der Waals surface area (Å²) in [5.74, 6) is 0.840. The highest BCUT2D eigenvalue weighted by atomic mass is 32.2. The van der Waals surface area contributed by atoms with Gasteiger partial charge in [-0.15, -0.1) is 11.8 Å². The minimum Gasteiger partial charge on any atom is -0.491 e. The monoisotopic (exact) mass is 506 g/mol. The molecule has 0 spiro atoms. The standard InChI is InChI=1S/C21H26N2O2S2.C4H10.C2H6O/c1-21(2,14-24)15-25-18-13-19-17(12-20(18)26-4)23(11-10-22(3)27-19)16-8-6-5-7-9-16;1-3-4-2;1-3-2/h5-9,12-14H,10-11,15H2,1-4H3;3-4H2,1-2H3;1-2H3. The molecule has 1 aliphatic rings. The van der Waals surface area contributed by atoms with Crippen molar-refractivity contribution in [2.45, 2.75) is 50.3 Å². The van der Waals surface area contributed by atoms with Gasteiger partial charge in [-0.3, -0.25) is 0 Å². The first-order valence-electron chi connectivity index (χ1n) is 11.7. The van der Waals surface area contributed by atoms with Gasteiger partial charge >= 0.3 is 0 Å². The molecule has 3 rings (SSSR count). The van der Waals surface area contributed by atoms with Crippen molar-refractivity contribution >= 4 is 41.4 Å². The van der Waals surface area contributed by atoms with Crippen molar-refractivity contribution in [1.82, 2.24) is 4.31 Å². The maximum absolute atomic E-state index is 11.2. The molecule has 1 aliphatic heterocycles. The largest absolute Gasteiger partial charge is 0.491 e. The van der Waals surface area contributed by atoms with Crippen LogP contribution in [0.1, 0.15) is 40.5 Å². The van der Waals surface area contributed by atoms with Gasteiger partial charge in [-0.1, -0.05) is 44.9 Å². The van der Waals surface area contributed by atoms with E-state index < -0.39 is 5.41 Å². The molecule has 0 bridgehead atoms. The first-order chi connectivity index (χ1) is 16.3. The minimum atomic E-state index is -0.498. The number of unbranched alkanes of at least 4 members (excludes halogenated alkanes) is 1. The zero-order valence-corrected chi connectivity index (χ0v) is 23.7. The average Bonchev–Trinajstić information content (AvgIpc) is 3.01. The Morgan fingerprint density at radius 3 is 2.24 bits per heavy atom. The van der Waals surface area contributed by atoms with E-state index in [1.807, 2.05) is 19.9 Å². The smallest absolute Gasteiger partial charge is 0.134 e. The lowest BCUT2D eigenvalue weighted by Crippen LogP contribution is -2.24. The number of likely N-dealkylation sites (N-methyl/N-ethyl adjacent to an activating group) is 1. The predicted molar refractivity (Wildman–Crippen MR) is 149 cm³/mol. The lowest BCUT2D eigenvalue weighted by molar-refractivity contribution is -0.116. The van der Waals surface area contributed by atoms with Crippen LogP contribution in [0.2, 0.25) is 0 Å². The Balaban J connectivity index is 0.000000732. The molecule has 2 aromatic carbocycles. The summed E-state index contributed by atoms with van der Waals surface area (Å²) in [5.41, 5.74) is 1.89. The van der Waals surface area contributed by atoms with Crippen LogP contribution in [0.5, 0.6) is 5.75 Å². The molecule has 190 valence electrons. The van der Waals surface area contributed by atoms with E-state index in [1.165, 1.54) is 24.2 Å². The average molecular weight is 507 g/mol. The van der Waals surface area contributed by atoms with Gasteiger partial charge in [-0.25, -0.2) is 4.31 Å². The predicted octanol–water partition coefficient (Wildman–Crippen LogP) is 7.17. The molecule has 0 saturated carbocycles. The number of benzene rings is 2. The van der Waals surface area contributed by atoms with Crippen molar-refractivity contribution in [3.8, 4) is 5.75 Å². The van der Waals surface area contributed by atoms with E-state index in [4.69, 9.17) is 4.74 Å². The Bertz CT molecular complexity index is 845. The summed E-state index contributed by atoms with van der Waals surface area (Å²) in [6.07, 6.45) is 5.65. The molecule has 0 amide bonds. The van der Waals surface area contributed by atoms with Crippen LogP contribution in [-0.4, -0.2) is 57.8 Å². The Kier molecular flexibility index (Phi) is 14.4. The van der Waals surface area contributed by atoms with E-state index in [0.717, 1.165) is 34.9 Å². The number of para-hydroxylation sites is 1. The van der Waals surface area contributed by atoms with Crippen LogP contribution in [-0.2, 0) is 9.53 Å². The van der Waals surface area contributed by atoms with Crippen molar-refractivity contribution < 1.29 is 14.3 Å². The van der Waals surface area contributed by atoms with Gasteiger partial charge in [0.15, 0.2) is 0 Å². The highest BCUT2D eigenvalue weighted by Crippen LogP contribution is 2.44. The second-order valence-electron chi connectivity index (χ2n) is 8.70. The van der Waals surface area contributed by atoms with E-state index in [0.29, 0.717) is 6.61 Å². The van der Waals surface area contributed by atoms with Crippen LogP contribution >= 0.6 is 23.7 Å². The van der Waals surface area contributed by atoms with Crippen molar-refractivity contribution in [1.29, 1.82) is 0 Å². The van der Waals surface area contributed by atoms with Crippen molar-refractivity contribution in [2.75, 3.05) is 52.1 Å². The van der Waals surface area contributed by atoms with Crippen molar-refractivity contribution in [3.63, 3.8) is 0 Å². The number of fused-ring (bicyclic) bond motifs is 1. The Morgan fingerprint density at radius 2 is 1.71 bits per heavy atom. The van der Waals surface area contributed by atoms with E-state index >= 15 is 0 Å². The van der Waals surface area contributed by atoms with Gasteiger partial charge in [-0.05, 0) is 63.4 Å². The molecule has 0 saturated heterocycles. The lowest BCUT2D eigenvalue weighted by Gasteiger charge is -2.26. The summed E-state index contributed by atoms with van der Waals surface area (Å²) in [5, 5.41) is 0. The number of carbonyl (C=O) groups is 1. The molecule has 5 nitrogen and oxygen atoms in total. The first-order valence-corrected chi connectivity index (χ1v) is 13.7. The fourth-order valence-electron chi connectivity index (χ4n) is 2.84. The third kappa shape index (κ3) is 9.90. The number of anilines is 2. The third-order valence-electron chi connectivity index (χ3n) is 4.92. The number of ether oxygens (including phenoxy) is 2. The van der Waals surface area contributed by atoms with Gasteiger partial charge in [0.25, 0.3) is 0 Å². The summed E-state index contributed by atoms with van der Waals surface area (Å²) < 4.78 is 12.6. The lowest BCUT2D eigenvalue weighted by atomic mass is 9.98. The number of methoxy groups -OCH3 is 1. The normalized spacial score (nSPS) is 13.5. The molecular weight excluding hydrogens is 464 g/mol. The summed E-state index contributed by atoms with van der Waals surface area (Å²) in [6, 6.07) is 14.8. The van der Waals surface area contributed by atoms with Crippen LogP contribution < -0.4 is 9.64 Å². The quantitative estimate of drug-likeness (QED) is 0.224. The maximum atomic E-state index is 11.2. The van der Waals surface area contributed by atoms with Gasteiger partial charge in [0.2, 0.25) is 0 Å². The molecular formula is C27H42N2O3S2. The highest BCUT2D eigenvalue weighted by Gasteiger charge is 2.24. The fraction of sp³-hybridized carbons (Fsp3) is 0.519. The molecule has 0 aliphatic carbocycles. The highest BCUT2D eigenvalue weighted by molar-refractivity contribution is 7.98. The van der Waals surface area contributed by atoms with Gasteiger partial charge in [0.05, 0.1) is 27.5 Å². The van der Waals surface area contributed by atoms with Crippen molar-refractivity contribution in [3.05, 3.63) is 42.5 Å². The second kappa shape index (κ2) is 16.1. The SMILES string of the molecule is CCCC.COC.CSc1cc2c(cc1OCC(C)(C)C=O)SN(C)CCN2c1ccccc1. The Hall–Kier alpha value is -1.67. The Labute approximate surface area is 215 Å². The van der Waals surface area contributed by atoms with E-state index in [-0.39, 0.29) is 0 Å². The van der Waals surface area contributed by atoms with E-state index in [1.54, 1.807) is 37.9 Å². The first kappa shape index (κ1) is 30.4. The number of hydrogen-bond acceptors (Lipinski definition) is 7. The van der Waals surface area contributed by atoms with Gasteiger partial charge < -0.3 is 19.2 Å². The number of rotatable bonds is 7. The molecule has 0 aromatic heterocycles. The zero-order chi connectivity index (χ0) is 25.6. The summed E-state index contributed by atoms with van der Waals surface area (Å²) >= 11 is 3.40. The number of hydrogen-bond donors (Lipinski definition) is 0. The summed E-state index contributed by atoms with van der Waals surface area (Å²) in [4.78, 5) is 15.8. The van der Waals surface area contributed by atoms with Gasteiger partial charge in [0.1, 0.15) is 12.0 Å². The van der Waals surface area contributed by atoms with Crippen LogP contribution in [0.15, 0.2) is 52.3 Å². The third-order valence-corrected chi connectivity index (χ3v) is 6.69. The molecule has 0 radical (unpaired) electrons. The molecule has 7 heteroatoms. The molecule has 34 heavy (non-hydrogen) atoms. The van der Waals surface area contributed by atoms with Crippen LogP contribution in [0, 0.1) is 5.41 Å². The topological polar surface area (TPSA) is 42.0 Å². The molecule has 0 unspecified atom stereocenters. The van der Waals surface area contributed by atoms with Crippen LogP contribution in [0.25, 0.3) is 0 Å². The zero-order valence-electron chi connectivity index (χ0n) is 22.1. The molecule has 0 atom stereocenters. The summed E-state index contributed by atoms with van der Waals surface area (Å²) in [6.45, 7) is 10.4. The van der Waals surface area contributed by atoms with Gasteiger partial charge in [-0.2, -0.15) is 0 Å². The number of carbonyl (C=O) groups excluding carboxylic acids is 1. The number of thioether (sulfide) groups is 1. The molecule has 0 N–H and O–H groups in total. The van der Waals surface area contributed by atoms with Crippen LogP contribution in [0.3, 0.4) is 0 Å². The minimum absolute atomic E-state index is 0.367. The second-order valence-corrected chi connectivity index (χ2v) is 10.8. The van der Waals surface area contributed by atoms with Crippen molar-refractivity contribution in [2.24, 2.45) is 5.41 Å².